The summed E-state index contributed by atoms with van der Waals surface area (Å²) in [6.45, 7) is 4.24. The van der Waals surface area contributed by atoms with Crippen molar-refractivity contribution in [1.29, 1.82) is 0 Å². The molecule has 0 spiro atoms. The van der Waals surface area contributed by atoms with Gasteiger partial charge in [0.2, 0.25) is 0 Å². The van der Waals surface area contributed by atoms with Crippen LogP contribution in [-0.2, 0) is 22.4 Å². The number of carbonyl (C=O) groups is 2. The molecule has 0 radical (unpaired) electrons. The van der Waals surface area contributed by atoms with Crippen molar-refractivity contribution in [2.45, 2.75) is 33.7 Å². The van der Waals surface area contributed by atoms with Crippen molar-refractivity contribution >= 4 is 29.2 Å². The Hall–Kier alpha value is -3.93. The van der Waals surface area contributed by atoms with Gasteiger partial charge in [0.05, 0.1) is 34.0 Å². The molecule has 0 saturated carbocycles. The highest BCUT2D eigenvalue weighted by Gasteiger charge is 2.35. The molecular weight excluding hydrogens is 522 g/mol. The van der Waals surface area contributed by atoms with Gasteiger partial charge >= 0.3 is 12.1 Å². The number of rotatable bonds is 7. The number of hydrogen-bond acceptors (Lipinski definition) is 6. The first kappa shape index (κ1) is 27.7. The van der Waals surface area contributed by atoms with Crippen LogP contribution in [0.4, 0.5) is 23.2 Å². The normalized spacial score (nSPS) is 11.4. The van der Waals surface area contributed by atoms with E-state index in [9.17, 15) is 31.9 Å². The molecule has 0 atom stereocenters. The number of benzene rings is 2. The van der Waals surface area contributed by atoms with Crippen LogP contribution in [0.2, 0.25) is 5.02 Å². The van der Waals surface area contributed by atoms with Gasteiger partial charge in [-0.3, -0.25) is 14.4 Å². The van der Waals surface area contributed by atoms with Gasteiger partial charge < -0.3 is 14.8 Å². The number of alkyl halides is 3. The van der Waals surface area contributed by atoms with Gasteiger partial charge in [0.1, 0.15) is 17.3 Å². The zero-order valence-corrected chi connectivity index (χ0v) is 20.4. The molecule has 0 fully saturated rings. The number of anilines is 1. The van der Waals surface area contributed by atoms with E-state index in [1.807, 2.05) is 0 Å². The molecule has 1 amide bonds. The van der Waals surface area contributed by atoms with E-state index >= 15 is 0 Å². The first-order chi connectivity index (χ1) is 17.3. The maximum Gasteiger partial charge on any atom is 0.417 e. The highest BCUT2D eigenvalue weighted by Crippen LogP contribution is 2.40. The van der Waals surface area contributed by atoms with E-state index < -0.39 is 64.0 Å². The fourth-order valence-electron chi connectivity index (χ4n) is 2.97. The molecule has 2 aromatic carbocycles. The van der Waals surface area contributed by atoms with Crippen molar-refractivity contribution in [2.75, 3.05) is 5.32 Å². The smallest absolute Gasteiger partial charge is 0.417 e. The third kappa shape index (κ3) is 6.85. The number of esters is 1. The molecule has 0 unspecified atom stereocenters. The molecule has 3 aromatic rings. The van der Waals surface area contributed by atoms with Gasteiger partial charge in [0.15, 0.2) is 6.73 Å². The Kier molecular flexibility index (Phi) is 8.22. The standard InChI is InChI=1S/C24H20ClF4N3O5/c1-12(2)23(35)36-11-32-21(33)7-15(10-30-32)31-22(34)16-8-18(25)17(24(27,28)29)9-20(16)37-19-5-4-14(26)6-13(19)3/h4-10,12H,11H2,1-3H3,(H,31,34). The molecule has 0 aliphatic carbocycles. The lowest BCUT2D eigenvalue weighted by Crippen LogP contribution is -2.26. The topological polar surface area (TPSA) is 99.5 Å². The van der Waals surface area contributed by atoms with E-state index in [1.165, 1.54) is 13.0 Å². The second-order valence-electron chi connectivity index (χ2n) is 8.12. The third-order valence-corrected chi connectivity index (χ3v) is 5.22. The van der Waals surface area contributed by atoms with E-state index in [0.717, 1.165) is 35.1 Å². The molecule has 13 heteroatoms. The number of aromatic nitrogens is 2. The molecule has 8 nitrogen and oxygen atoms in total. The first-order valence-corrected chi connectivity index (χ1v) is 11.0. The highest BCUT2D eigenvalue weighted by atomic mass is 35.5. The molecule has 37 heavy (non-hydrogen) atoms. The van der Waals surface area contributed by atoms with Crippen LogP contribution in [0.5, 0.6) is 11.5 Å². The van der Waals surface area contributed by atoms with Crippen LogP contribution in [-0.4, -0.2) is 21.7 Å². The highest BCUT2D eigenvalue weighted by molar-refractivity contribution is 6.32. The number of halogens is 5. The minimum absolute atomic E-state index is 0.00565. The maximum absolute atomic E-state index is 13.5. The molecule has 3 rings (SSSR count). The maximum atomic E-state index is 13.5. The Balaban J connectivity index is 1.92. The van der Waals surface area contributed by atoms with Crippen LogP contribution in [0.1, 0.15) is 35.3 Å². The summed E-state index contributed by atoms with van der Waals surface area (Å²) in [5, 5.41) is 5.38. The molecule has 0 bridgehead atoms. The monoisotopic (exact) mass is 541 g/mol. The molecule has 0 saturated heterocycles. The van der Waals surface area contributed by atoms with Crippen molar-refractivity contribution < 1.29 is 36.6 Å². The van der Waals surface area contributed by atoms with E-state index in [2.05, 4.69) is 10.4 Å². The van der Waals surface area contributed by atoms with Crippen LogP contribution < -0.4 is 15.6 Å². The minimum Gasteiger partial charge on any atom is -0.456 e. The molecule has 0 aliphatic rings. The van der Waals surface area contributed by atoms with Gasteiger partial charge in [-0.05, 0) is 42.8 Å². The van der Waals surface area contributed by atoms with Crippen LogP contribution >= 0.6 is 11.6 Å². The lowest BCUT2D eigenvalue weighted by molar-refractivity contribution is -0.151. The summed E-state index contributed by atoms with van der Waals surface area (Å²) in [6, 6.07) is 5.65. The molecule has 1 heterocycles. The van der Waals surface area contributed by atoms with Gasteiger partial charge in [0.25, 0.3) is 11.5 Å². The van der Waals surface area contributed by atoms with Crippen molar-refractivity contribution in [1.82, 2.24) is 9.78 Å². The number of carbonyl (C=O) groups excluding carboxylic acids is 2. The van der Waals surface area contributed by atoms with E-state index in [0.29, 0.717) is 6.07 Å². The Morgan fingerprint density at radius 1 is 1.14 bits per heavy atom. The Bertz CT molecular complexity index is 1410. The number of nitrogens with one attached hydrogen (secondary N) is 1. The van der Waals surface area contributed by atoms with Gasteiger partial charge in [-0.15, -0.1) is 0 Å². The van der Waals surface area contributed by atoms with E-state index in [4.69, 9.17) is 21.1 Å². The Labute approximate surface area is 212 Å². The number of aryl methyl sites for hydroxylation is 1. The quantitative estimate of drug-likeness (QED) is 0.310. The predicted octanol–water partition coefficient (Wildman–Crippen LogP) is 5.56. The van der Waals surface area contributed by atoms with E-state index in [1.54, 1.807) is 13.8 Å². The van der Waals surface area contributed by atoms with Crippen LogP contribution in [0.3, 0.4) is 0 Å². The lowest BCUT2D eigenvalue weighted by Gasteiger charge is -2.17. The van der Waals surface area contributed by atoms with Crippen molar-refractivity contribution in [3.8, 4) is 11.5 Å². The van der Waals surface area contributed by atoms with Crippen molar-refractivity contribution in [3.63, 3.8) is 0 Å². The SMILES string of the molecule is Cc1cc(F)ccc1Oc1cc(C(F)(F)F)c(Cl)cc1C(=O)Nc1cnn(COC(=O)C(C)C)c(=O)c1. The van der Waals surface area contributed by atoms with Crippen LogP contribution in [0.25, 0.3) is 0 Å². The average molecular weight is 542 g/mol. The van der Waals surface area contributed by atoms with Gasteiger partial charge in [-0.2, -0.15) is 23.0 Å². The number of ether oxygens (including phenoxy) is 2. The fraction of sp³-hybridized carbons (Fsp3) is 0.250. The second-order valence-corrected chi connectivity index (χ2v) is 8.53. The summed E-state index contributed by atoms with van der Waals surface area (Å²) >= 11 is 5.80. The Morgan fingerprint density at radius 3 is 2.43 bits per heavy atom. The van der Waals surface area contributed by atoms with Gasteiger partial charge in [-0.25, -0.2) is 4.39 Å². The zero-order chi connectivity index (χ0) is 27.5. The summed E-state index contributed by atoms with van der Waals surface area (Å²) in [7, 11) is 0. The van der Waals surface area contributed by atoms with Crippen molar-refractivity contribution in [2.24, 2.45) is 5.92 Å². The van der Waals surface area contributed by atoms with Gasteiger partial charge in [-0.1, -0.05) is 25.4 Å². The predicted molar refractivity (Wildman–Crippen MR) is 125 cm³/mol. The minimum atomic E-state index is -4.85. The molecular formula is C24H20ClF4N3O5. The fourth-order valence-corrected chi connectivity index (χ4v) is 3.24. The van der Waals surface area contributed by atoms with Crippen molar-refractivity contribution in [3.05, 3.63) is 80.5 Å². The summed E-state index contributed by atoms with van der Waals surface area (Å²) in [5.41, 5.74) is -2.20. The lowest BCUT2D eigenvalue weighted by atomic mass is 10.1. The van der Waals surface area contributed by atoms with E-state index in [-0.39, 0.29) is 17.0 Å². The Morgan fingerprint density at radius 2 is 1.84 bits per heavy atom. The molecule has 196 valence electrons. The summed E-state index contributed by atoms with van der Waals surface area (Å²) in [4.78, 5) is 36.8. The average Bonchev–Trinajstić information content (AvgIpc) is 2.80. The third-order valence-electron chi connectivity index (χ3n) is 4.90. The number of nitrogens with zero attached hydrogens (tertiary/aromatic N) is 2. The van der Waals surface area contributed by atoms with Gasteiger partial charge in [0, 0.05) is 6.07 Å². The second kappa shape index (κ2) is 11.0. The largest absolute Gasteiger partial charge is 0.456 e. The molecule has 0 aliphatic heterocycles. The summed E-state index contributed by atoms with van der Waals surface area (Å²) in [5.74, 6) is -3.02. The van der Waals surface area contributed by atoms with Crippen LogP contribution in [0, 0.1) is 18.7 Å². The molecule has 1 aromatic heterocycles. The number of amides is 1. The molecule has 1 N–H and O–H groups in total. The summed E-state index contributed by atoms with van der Waals surface area (Å²) < 4.78 is 65.1. The first-order valence-electron chi connectivity index (χ1n) is 10.7. The zero-order valence-electron chi connectivity index (χ0n) is 19.7. The summed E-state index contributed by atoms with van der Waals surface area (Å²) in [6.07, 6.45) is -3.77. The number of hydrogen-bond donors (Lipinski definition) is 1. The van der Waals surface area contributed by atoms with Crippen LogP contribution in [0.15, 0.2) is 47.4 Å².